The number of hydrogen-bond acceptors (Lipinski definition) is 3. The standard InChI is InChI=1S/C22H23N3O3/c26-20(11-8-16-12-14-4-1-2-7-19(14)25-22(16)28)23-18-6-3-5-15(13-18)21(27)24-17-9-10-17/h1-7,13,16-17H,8-12H2,(H,23,26)(H,24,27)(H,25,28). The number of hydrogen-bond donors (Lipinski definition) is 3. The molecule has 2 aliphatic rings. The van der Waals surface area contributed by atoms with E-state index in [1.165, 1.54) is 0 Å². The minimum atomic E-state index is -0.212. The Bertz CT molecular complexity index is 921. The second-order valence-corrected chi connectivity index (χ2v) is 7.46. The van der Waals surface area contributed by atoms with Gasteiger partial charge in [0.25, 0.3) is 5.91 Å². The molecule has 6 heteroatoms. The number of nitrogens with one attached hydrogen (secondary N) is 3. The maximum atomic E-state index is 12.3. The molecule has 1 aliphatic carbocycles. The number of carbonyl (C=O) groups excluding carboxylic acids is 3. The van der Waals surface area contributed by atoms with Gasteiger partial charge in [0.05, 0.1) is 0 Å². The summed E-state index contributed by atoms with van der Waals surface area (Å²) in [5, 5.41) is 8.67. The largest absolute Gasteiger partial charge is 0.349 e. The summed E-state index contributed by atoms with van der Waals surface area (Å²) in [6.45, 7) is 0. The Morgan fingerprint density at radius 2 is 1.89 bits per heavy atom. The van der Waals surface area contributed by atoms with Gasteiger partial charge < -0.3 is 16.0 Å². The van der Waals surface area contributed by atoms with E-state index in [2.05, 4.69) is 16.0 Å². The lowest BCUT2D eigenvalue weighted by atomic mass is 9.89. The fraction of sp³-hybridized carbons (Fsp3) is 0.318. The first-order valence-electron chi connectivity index (χ1n) is 9.68. The Labute approximate surface area is 163 Å². The van der Waals surface area contributed by atoms with E-state index in [4.69, 9.17) is 0 Å². The van der Waals surface area contributed by atoms with Crippen molar-refractivity contribution in [3.8, 4) is 0 Å². The highest BCUT2D eigenvalue weighted by atomic mass is 16.2. The Balaban J connectivity index is 1.31. The molecule has 3 amide bonds. The van der Waals surface area contributed by atoms with Crippen molar-refractivity contribution in [3.05, 3.63) is 59.7 Å². The number of amides is 3. The number of carbonyl (C=O) groups is 3. The second kappa shape index (κ2) is 7.84. The lowest BCUT2D eigenvalue weighted by Crippen LogP contribution is -2.30. The molecule has 0 bridgehead atoms. The zero-order valence-electron chi connectivity index (χ0n) is 15.5. The second-order valence-electron chi connectivity index (χ2n) is 7.46. The van der Waals surface area contributed by atoms with Crippen LogP contribution in [0.25, 0.3) is 0 Å². The van der Waals surface area contributed by atoms with Crippen LogP contribution in [0.2, 0.25) is 0 Å². The van der Waals surface area contributed by atoms with Crippen molar-refractivity contribution < 1.29 is 14.4 Å². The summed E-state index contributed by atoms with van der Waals surface area (Å²) in [5.41, 5.74) is 3.08. The van der Waals surface area contributed by atoms with Gasteiger partial charge in [-0.25, -0.2) is 0 Å². The normalized spacial score (nSPS) is 18.0. The number of para-hydroxylation sites is 1. The van der Waals surface area contributed by atoms with Gasteiger partial charge in [-0.3, -0.25) is 14.4 Å². The molecule has 1 fully saturated rings. The summed E-state index contributed by atoms with van der Waals surface area (Å²) in [4.78, 5) is 36.7. The van der Waals surface area contributed by atoms with Gasteiger partial charge in [-0.2, -0.15) is 0 Å². The van der Waals surface area contributed by atoms with Gasteiger partial charge in [-0.1, -0.05) is 24.3 Å². The molecule has 1 atom stereocenters. The molecule has 1 aliphatic heterocycles. The van der Waals surface area contributed by atoms with E-state index in [9.17, 15) is 14.4 Å². The van der Waals surface area contributed by atoms with Crippen molar-refractivity contribution in [3.63, 3.8) is 0 Å². The Hall–Kier alpha value is -3.15. The molecular weight excluding hydrogens is 354 g/mol. The predicted molar refractivity (Wildman–Crippen MR) is 107 cm³/mol. The highest BCUT2D eigenvalue weighted by Crippen LogP contribution is 2.27. The molecule has 2 aromatic rings. The molecule has 28 heavy (non-hydrogen) atoms. The van der Waals surface area contributed by atoms with Crippen LogP contribution in [-0.2, 0) is 16.0 Å². The number of anilines is 2. The molecular formula is C22H23N3O3. The Morgan fingerprint density at radius 3 is 2.71 bits per heavy atom. The summed E-state index contributed by atoms with van der Waals surface area (Å²) in [5.74, 6) is -0.524. The van der Waals surface area contributed by atoms with Crippen molar-refractivity contribution in [1.29, 1.82) is 0 Å². The maximum Gasteiger partial charge on any atom is 0.251 e. The van der Waals surface area contributed by atoms with E-state index in [0.29, 0.717) is 24.1 Å². The van der Waals surface area contributed by atoms with Gasteiger partial charge in [0.1, 0.15) is 0 Å². The predicted octanol–water partition coefficient (Wildman–Crippen LogP) is 3.11. The van der Waals surface area contributed by atoms with Gasteiger partial charge in [-0.05, 0) is 55.5 Å². The Kier molecular flexibility index (Phi) is 5.10. The van der Waals surface area contributed by atoms with E-state index in [1.807, 2.05) is 24.3 Å². The SMILES string of the molecule is O=C(CCC1Cc2ccccc2NC1=O)Nc1cccc(C(=O)NC2CC2)c1. The fourth-order valence-electron chi connectivity index (χ4n) is 3.41. The van der Waals surface area contributed by atoms with Gasteiger partial charge in [0.2, 0.25) is 11.8 Å². The minimum absolute atomic E-state index is 0.0368. The molecule has 6 nitrogen and oxygen atoms in total. The molecule has 0 spiro atoms. The molecule has 0 saturated heterocycles. The molecule has 2 aromatic carbocycles. The van der Waals surface area contributed by atoms with Crippen LogP contribution in [0, 0.1) is 5.92 Å². The minimum Gasteiger partial charge on any atom is -0.349 e. The maximum absolute atomic E-state index is 12.3. The summed E-state index contributed by atoms with van der Waals surface area (Å²) in [6.07, 6.45) is 3.43. The van der Waals surface area contributed by atoms with Crippen LogP contribution in [0.5, 0.6) is 0 Å². The van der Waals surface area contributed by atoms with Crippen molar-refractivity contribution in [1.82, 2.24) is 5.32 Å². The summed E-state index contributed by atoms with van der Waals surface area (Å²) in [6, 6.07) is 15.0. The third-order valence-electron chi connectivity index (χ3n) is 5.15. The van der Waals surface area contributed by atoms with Gasteiger partial charge >= 0.3 is 0 Å². The van der Waals surface area contributed by atoms with Crippen LogP contribution < -0.4 is 16.0 Å². The van der Waals surface area contributed by atoms with Gasteiger partial charge in [0, 0.05) is 35.3 Å². The van der Waals surface area contributed by atoms with E-state index in [0.717, 1.165) is 24.1 Å². The molecule has 1 saturated carbocycles. The molecule has 144 valence electrons. The third-order valence-corrected chi connectivity index (χ3v) is 5.15. The molecule has 0 radical (unpaired) electrons. The summed E-state index contributed by atoms with van der Waals surface area (Å²) in [7, 11) is 0. The number of rotatable bonds is 6. The highest BCUT2D eigenvalue weighted by Gasteiger charge is 2.26. The van der Waals surface area contributed by atoms with Crippen molar-refractivity contribution in [2.24, 2.45) is 5.92 Å². The monoisotopic (exact) mass is 377 g/mol. The lowest BCUT2D eigenvalue weighted by Gasteiger charge is -2.24. The van der Waals surface area contributed by atoms with Gasteiger partial charge in [0.15, 0.2) is 0 Å². The van der Waals surface area contributed by atoms with Crippen LogP contribution in [-0.4, -0.2) is 23.8 Å². The zero-order chi connectivity index (χ0) is 19.5. The topological polar surface area (TPSA) is 87.3 Å². The lowest BCUT2D eigenvalue weighted by molar-refractivity contribution is -0.121. The third kappa shape index (κ3) is 4.39. The first-order valence-corrected chi connectivity index (χ1v) is 9.68. The van der Waals surface area contributed by atoms with Crippen LogP contribution in [0.3, 0.4) is 0 Å². The van der Waals surface area contributed by atoms with E-state index in [-0.39, 0.29) is 36.1 Å². The fourth-order valence-corrected chi connectivity index (χ4v) is 3.41. The first kappa shape index (κ1) is 18.2. The van der Waals surface area contributed by atoms with E-state index in [1.54, 1.807) is 24.3 Å². The average molecular weight is 377 g/mol. The number of fused-ring (bicyclic) bond motifs is 1. The summed E-state index contributed by atoms with van der Waals surface area (Å²) < 4.78 is 0. The van der Waals surface area contributed by atoms with E-state index >= 15 is 0 Å². The van der Waals surface area contributed by atoms with Gasteiger partial charge in [-0.15, -0.1) is 0 Å². The molecule has 3 N–H and O–H groups in total. The van der Waals surface area contributed by atoms with Crippen molar-refractivity contribution in [2.75, 3.05) is 10.6 Å². The smallest absolute Gasteiger partial charge is 0.251 e. The first-order chi connectivity index (χ1) is 13.6. The highest BCUT2D eigenvalue weighted by molar-refractivity contribution is 5.98. The zero-order valence-corrected chi connectivity index (χ0v) is 15.5. The van der Waals surface area contributed by atoms with Crippen LogP contribution in [0.4, 0.5) is 11.4 Å². The van der Waals surface area contributed by atoms with Crippen LogP contribution in [0.1, 0.15) is 41.6 Å². The molecule has 4 rings (SSSR count). The van der Waals surface area contributed by atoms with Crippen LogP contribution >= 0.6 is 0 Å². The van der Waals surface area contributed by atoms with Crippen molar-refractivity contribution in [2.45, 2.75) is 38.1 Å². The number of benzene rings is 2. The summed E-state index contributed by atoms with van der Waals surface area (Å²) >= 11 is 0. The van der Waals surface area contributed by atoms with Crippen LogP contribution in [0.15, 0.2) is 48.5 Å². The Morgan fingerprint density at radius 1 is 1.07 bits per heavy atom. The molecule has 1 unspecified atom stereocenters. The average Bonchev–Trinajstić information content (AvgIpc) is 3.50. The molecule has 1 heterocycles. The van der Waals surface area contributed by atoms with E-state index < -0.39 is 0 Å². The quantitative estimate of drug-likeness (QED) is 0.723. The van der Waals surface area contributed by atoms with Crippen molar-refractivity contribution >= 4 is 29.1 Å². The molecule has 0 aromatic heterocycles.